The van der Waals surface area contributed by atoms with Crippen LogP contribution in [0.4, 0.5) is 0 Å². The van der Waals surface area contributed by atoms with Crippen molar-refractivity contribution >= 4 is 16.8 Å². The monoisotopic (exact) mass is 355 g/mol. The van der Waals surface area contributed by atoms with Crippen molar-refractivity contribution in [3.05, 3.63) is 30.5 Å². The first-order chi connectivity index (χ1) is 12.8. The Labute approximate surface area is 155 Å². The summed E-state index contributed by atoms with van der Waals surface area (Å²) in [6, 6.07) is 8.64. The average Bonchev–Trinajstić information content (AvgIpc) is 3.09. The predicted molar refractivity (Wildman–Crippen MR) is 103 cm³/mol. The van der Waals surface area contributed by atoms with Crippen molar-refractivity contribution in [3.8, 4) is 5.75 Å². The number of nitrogens with zero attached hydrogens (tertiary/aromatic N) is 2. The molecular formula is C21H29N3O2. The standard InChI is InChI=1S/C21H29N3O2/c1-26-20-9-4-8-19-17(20)10-13-24(19)15-21(25)22-14-16-6-5-12-23-11-3-2-7-18(16)23/h4,8-10,13,16,18H,2-3,5-7,11-12,14-15H2,1H3,(H,22,25)/t16-,18+/m0/s1. The number of aromatic nitrogens is 1. The molecule has 4 rings (SSSR count). The number of ether oxygens (including phenoxy) is 1. The van der Waals surface area contributed by atoms with E-state index < -0.39 is 0 Å². The van der Waals surface area contributed by atoms with Crippen molar-refractivity contribution in [2.75, 3.05) is 26.7 Å². The third-order valence-electron chi connectivity index (χ3n) is 6.10. The second-order valence-electron chi connectivity index (χ2n) is 7.64. The summed E-state index contributed by atoms with van der Waals surface area (Å²) in [6.07, 6.45) is 8.44. The lowest BCUT2D eigenvalue weighted by Gasteiger charge is -2.44. The Hall–Kier alpha value is -2.01. The Morgan fingerprint density at radius 3 is 2.96 bits per heavy atom. The maximum Gasteiger partial charge on any atom is 0.239 e. The van der Waals surface area contributed by atoms with Gasteiger partial charge in [-0.05, 0) is 62.9 Å². The van der Waals surface area contributed by atoms with Gasteiger partial charge >= 0.3 is 0 Å². The van der Waals surface area contributed by atoms with Gasteiger partial charge in [0.15, 0.2) is 0 Å². The molecule has 5 heteroatoms. The zero-order valence-electron chi connectivity index (χ0n) is 15.6. The largest absolute Gasteiger partial charge is 0.496 e. The highest BCUT2D eigenvalue weighted by Crippen LogP contribution is 2.30. The lowest BCUT2D eigenvalue weighted by Crippen LogP contribution is -2.51. The van der Waals surface area contributed by atoms with Crippen LogP contribution >= 0.6 is 0 Å². The average molecular weight is 355 g/mol. The first-order valence-electron chi connectivity index (χ1n) is 9.89. The summed E-state index contributed by atoms with van der Waals surface area (Å²) < 4.78 is 7.41. The molecule has 3 heterocycles. The van der Waals surface area contributed by atoms with Crippen LogP contribution in [0.3, 0.4) is 0 Å². The quantitative estimate of drug-likeness (QED) is 0.897. The van der Waals surface area contributed by atoms with E-state index in [9.17, 15) is 4.79 Å². The van der Waals surface area contributed by atoms with Crippen LogP contribution in [0.5, 0.6) is 5.75 Å². The van der Waals surface area contributed by atoms with Crippen LogP contribution in [0.25, 0.3) is 10.9 Å². The van der Waals surface area contributed by atoms with Crippen LogP contribution in [0.1, 0.15) is 32.1 Å². The van der Waals surface area contributed by atoms with Crippen molar-refractivity contribution in [2.24, 2.45) is 5.92 Å². The second kappa shape index (κ2) is 7.70. The molecule has 0 radical (unpaired) electrons. The molecule has 1 aromatic heterocycles. The van der Waals surface area contributed by atoms with Crippen LogP contribution in [0, 0.1) is 5.92 Å². The number of fused-ring (bicyclic) bond motifs is 2. The number of hydrogen-bond acceptors (Lipinski definition) is 3. The van der Waals surface area contributed by atoms with Gasteiger partial charge in [0, 0.05) is 24.2 Å². The van der Waals surface area contributed by atoms with Crippen molar-refractivity contribution in [1.29, 1.82) is 0 Å². The third kappa shape index (κ3) is 3.45. The Morgan fingerprint density at radius 2 is 2.08 bits per heavy atom. The van der Waals surface area contributed by atoms with Crippen molar-refractivity contribution in [3.63, 3.8) is 0 Å². The van der Waals surface area contributed by atoms with Crippen molar-refractivity contribution in [2.45, 2.75) is 44.7 Å². The summed E-state index contributed by atoms with van der Waals surface area (Å²) >= 11 is 0. The summed E-state index contributed by atoms with van der Waals surface area (Å²) in [5.41, 5.74) is 1.04. The maximum absolute atomic E-state index is 12.5. The summed E-state index contributed by atoms with van der Waals surface area (Å²) in [6.45, 7) is 3.65. The number of nitrogens with one attached hydrogen (secondary N) is 1. The van der Waals surface area contributed by atoms with E-state index in [2.05, 4.69) is 10.2 Å². The summed E-state index contributed by atoms with van der Waals surface area (Å²) in [5.74, 6) is 1.55. The molecule has 2 aromatic rings. The number of hydrogen-bond donors (Lipinski definition) is 1. The smallest absolute Gasteiger partial charge is 0.239 e. The number of piperidine rings is 2. The molecule has 2 saturated heterocycles. The minimum absolute atomic E-state index is 0.0956. The van der Waals surface area contributed by atoms with Gasteiger partial charge < -0.3 is 19.5 Å². The van der Waals surface area contributed by atoms with E-state index in [1.807, 2.05) is 35.0 Å². The minimum atomic E-state index is 0.0956. The molecule has 2 atom stereocenters. The van der Waals surface area contributed by atoms with E-state index >= 15 is 0 Å². The summed E-state index contributed by atoms with van der Waals surface area (Å²) in [4.78, 5) is 15.2. The number of amides is 1. The number of methoxy groups -OCH3 is 1. The molecule has 2 aliphatic rings. The van der Waals surface area contributed by atoms with Gasteiger partial charge in [0.1, 0.15) is 12.3 Å². The number of carbonyl (C=O) groups excluding carboxylic acids is 1. The molecule has 0 aliphatic carbocycles. The third-order valence-corrected chi connectivity index (χ3v) is 6.10. The molecule has 1 amide bonds. The van der Waals surface area contributed by atoms with Gasteiger partial charge in [-0.25, -0.2) is 0 Å². The van der Waals surface area contributed by atoms with Crippen LogP contribution in [0.15, 0.2) is 30.5 Å². The molecule has 140 valence electrons. The lowest BCUT2D eigenvalue weighted by molar-refractivity contribution is -0.122. The Kier molecular flexibility index (Phi) is 5.16. The van der Waals surface area contributed by atoms with Crippen LogP contribution < -0.4 is 10.1 Å². The zero-order chi connectivity index (χ0) is 17.9. The molecule has 1 aromatic carbocycles. The van der Waals surface area contributed by atoms with Crippen LogP contribution in [-0.4, -0.2) is 48.2 Å². The molecule has 1 N–H and O–H groups in total. The highest BCUT2D eigenvalue weighted by atomic mass is 16.5. The normalized spacial score (nSPS) is 23.6. The topological polar surface area (TPSA) is 46.5 Å². The SMILES string of the molecule is COc1cccc2c1ccn2CC(=O)NC[C@@H]1CCCN2CCCC[C@H]12. The molecule has 2 fully saturated rings. The van der Waals surface area contributed by atoms with E-state index in [4.69, 9.17) is 4.74 Å². The van der Waals surface area contributed by atoms with Gasteiger partial charge in [-0.1, -0.05) is 12.5 Å². The Bertz CT molecular complexity index is 768. The van der Waals surface area contributed by atoms with Gasteiger partial charge in [-0.2, -0.15) is 0 Å². The second-order valence-corrected chi connectivity index (χ2v) is 7.64. The first kappa shape index (κ1) is 17.4. The van der Waals surface area contributed by atoms with Crippen molar-refractivity contribution < 1.29 is 9.53 Å². The predicted octanol–water partition coefficient (Wildman–Crippen LogP) is 3.03. The maximum atomic E-state index is 12.5. The van der Waals surface area contributed by atoms with Gasteiger partial charge in [0.05, 0.1) is 12.6 Å². The first-order valence-corrected chi connectivity index (χ1v) is 9.89. The van der Waals surface area contributed by atoms with Crippen LogP contribution in [0.2, 0.25) is 0 Å². The molecular weight excluding hydrogens is 326 g/mol. The number of benzene rings is 1. The van der Waals surface area contributed by atoms with Gasteiger partial charge in [0.25, 0.3) is 0 Å². The molecule has 0 bridgehead atoms. The van der Waals surface area contributed by atoms with Gasteiger partial charge in [-0.3, -0.25) is 4.79 Å². The fourth-order valence-electron chi connectivity index (χ4n) is 4.78. The van der Waals surface area contributed by atoms with E-state index in [-0.39, 0.29) is 5.91 Å². The van der Waals surface area contributed by atoms with E-state index in [0.29, 0.717) is 18.5 Å². The molecule has 0 spiro atoms. The van der Waals surface area contributed by atoms with Crippen molar-refractivity contribution in [1.82, 2.24) is 14.8 Å². The Balaban J connectivity index is 1.37. The molecule has 5 nitrogen and oxygen atoms in total. The summed E-state index contributed by atoms with van der Waals surface area (Å²) in [5, 5.41) is 4.25. The van der Waals surface area contributed by atoms with Gasteiger partial charge in [-0.15, -0.1) is 0 Å². The van der Waals surface area contributed by atoms with Crippen LogP contribution in [-0.2, 0) is 11.3 Å². The molecule has 0 unspecified atom stereocenters. The molecule has 0 saturated carbocycles. The van der Waals surface area contributed by atoms with E-state index in [1.165, 1.54) is 45.2 Å². The number of carbonyl (C=O) groups is 1. The highest BCUT2D eigenvalue weighted by Gasteiger charge is 2.32. The number of rotatable bonds is 5. The van der Waals surface area contributed by atoms with E-state index in [0.717, 1.165) is 23.2 Å². The van der Waals surface area contributed by atoms with E-state index in [1.54, 1.807) is 7.11 Å². The van der Waals surface area contributed by atoms with Gasteiger partial charge in [0.2, 0.25) is 5.91 Å². The highest BCUT2D eigenvalue weighted by molar-refractivity contribution is 5.88. The molecule has 26 heavy (non-hydrogen) atoms. The minimum Gasteiger partial charge on any atom is -0.496 e. The lowest BCUT2D eigenvalue weighted by atomic mass is 9.83. The fraction of sp³-hybridized carbons (Fsp3) is 0.571. The fourth-order valence-corrected chi connectivity index (χ4v) is 4.78. The summed E-state index contributed by atoms with van der Waals surface area (Å²) in [7, 11) is 1.68. The zero-order valence-corrected chi connectivity index (χ0v) is 15.6. The Morgan fingerprint density at radius 1 is 1.19 bits per heavy atom. The molecule has 2 aliphatic heterocycles.